The van der Waals surface area contributed by atoms with Crippen LogP contribution >= 0.6 is 11.8 Å². The number of nitrogens with zero attached hydrogens (tertiary/aromatic N) is 2. The number of benzene rings is 3. The lowest BCUT2D eigenvalue weighted by Crippen LogP contribution is -2.18. The van der Waals surface area contributed by atoms with Crippen LogP contribution in [0.25, 0.3) is 21.8 Å². The summed E-state index contributed by atoms with van der Waals surface area (Å²) in [5.74, 6) is -0.665. The molecule has 0 spiro atoms. The van der Waals surface area contributed by atoms with Crippen molar-refractivity contribution in [2.75, 3.05) is 5.75 Å². The molecular formula is C36H38N2O4S. The van der Waals surface area contributed by atoms with E-state index in [0.29, 0.717) is 16.7 Å². The number of aromatic nitrogens is 1. The molecule has 0 N–H and O–H groups in total. The number of allylic oxidation sites excluding steroid dienone is 4. The van der Waals surface area contributed by atoms with E-state index in [-0.39, 0.29) is 23.0 Å². The molecule has 0 aliphatic heterocycles. The summed E-state index contributed by atoms with van der Waals surface area (Å²) >= 11 is 1.52. The number of thioether (sulfide) groups is 1. The van der Waals surface area contributed by atoms with Gasteiger partial charge in [-0.3, -0.25) is 9.59 Å². The van der Waals surface area contributed by atoms with Gasteiger partial charge in [-0.05, 0) is 80.0 Å². The highest BCUT2D eigenvalue weighted by Gasteiger charge is 2.20. The van der Waals surface area contributed by atoms with E-state index in [0.717, 1.165) is 58.1 Å². The highest BCUT2D eigenvalue weighted by molar-refractivity contribution is 8.03. The van der Waals surface area contributed by atoms with Crippen molar-refractivity contribution in [3.63, 3.8) is 0 Å². The third-order valence-corrected chi connectivity index (χ3v) is 8.31. The maximum absolute atomic E-state index is 13.8. The lowest BCUT2D eigenvalue weighted by atomic mass is 9.97. The zero-order valence-corrected chi connectivity index (χ0v) is 26.3. The average Bonchev–Trinajstić information content (AvgIpc) is 3.32. The van der Waals surface area contributed by atoms with Crippen molar-refractivity contribution in [3.8, 4) is 0 Å². The summed E-state index contributed by atoms with van der Waals surface area (Å²) < 4.78 is 2.18. The van der Waals surface area contributed by atoms with Crippen molar-refractivity contribution in [1.29, 1.82) is 0 Å². The van der Waals surface area contributed by atoms with Crippen LogP contribution < -0.4 is 0 Å². The normalized spacial score (nSPS) is 12.4. The Hall–Kier alpha value is -4.23. The number of hydrogen-bond acceptors (Lipinski definition) is 6. The smallest absolute Gasteiger partial charge is 0.331 e. The summed E-state index contributed by atoms with van der Waals surface area (Å²) in [5, 5.41) is 5.74. The minimum Gasteiger partial charge on any atom is -0.341 e. The fourth-order valence-corrected chi connectivity index (χ4v) is 6.09. The van der Waals surface area contributed by atoms with Crippen LogP contribution in [0.15, 0.2) is 89.0 Å². The van der Waals surface area contributed by atoms with Crippen LogP contribution in [-0.4, -0.2) is 33.6 Å². The van der Waals surface area contributed by atoms with E-state index in [2.05, 4.69) is 48.7 Å². The molecule has 4 aromatic rings. The van der Waals surface area contributed by atoms with E-state index in [1.54, 1.807) is 6.07 Å². The van der Waals surface area contributed by atoms with Gasteiger partial charge in [0.1, 0.15) is 5.71 Å². The van der Waals surface area contributed by atoms with Gasteiger partial charge in [0.25, 0.3) is 0 Å². The zero-order chi connectivity index (χ0) is 30.9. The van der Waals surface area contributed by atoms with Gasteiger partial charge in [-0.15, -0.1) is 11.8 Å². The van der Waals surface area contributed by atoms with E-state index in [1.807, 2.05) is 61.5 Å². The van der Waals surface area contributed by atoms with E-state index in [4.69, 9.17) is 4.84 Å². The largest absolute Gasteiger partial charge is 0.341 e. The molecule has 0 bridgehead atoms. The Morgan fingerprint density at radius 2 is 1.56 bits per heavy atom. The molecular weight excluding hydrogens is 556 g/mol. The first-order valence-corrected chi connectivity index (χ1v) is 15.7. The van der Waals surface area contributed by atoms with Crippen LogP contribution in [0.2, 0.25) is 0 Å². The Bertz CT molecular complexity index is 1760. The molecule has 0 saturated carbocycles. The van der Waals surface area contributed by atoms with Crippen LogP contribution in [-0.2, 0) is 16.2 Å². The van der Waals surface area contributed by atoms with Crippen molar-refractivity contribution in [2.24, 2.45) is 5.16 Å². The molecule has 3 aromatic carbocycles. The Morgan fingerprint density at radius 1 is 0.884 bits per heavy atom. The summed E-state index contributed by atoms with van der Waals surface area (Å²) in [4.78, 5) is 44.9. The van der Waals surface area contributed by atoms with E-state index < -0.39 is 5.97 Å². The number of rotatable bonds is 13. The third-order valence-electron chi connectivity index (χ3n) is 7.19. The highest BCUT2D eigenvalue weighted by atomic mass is 32.2. The SMILES string of the molecule is CCC=CC/C(=C\CC)SC/C(=N\OC(C)=O)C(=O)c1ccc2c(c1)c1cc(C(=O)c3ccccc3C)ccc1n2CC. The van der Waals surface area contributed by atoms with Gasteiger partial charge in [0, 0.05) is 57.7 Å². The quantitative estimate of drug-likeness (QED) is 0.0508. The van der Waals surface area contributed by atoms with Crippen molar-refractivity contribution >= 4 is 56.8 Å². The number of aryl methyl sites for hydroxylation is 2. The van der Waals surface area contributed by atoms with Crippen molar-refractivity contribution in [2.45, 2.75) is 60.4 Å². The van der Waals surface area contributed by atoms with E-state index in [9.17, 15) is 14.4 Å². The second-order valence-electron chi connectivity index (χ2n) is 10.3. The fraction of sp³-hybridized carbons (Fsp3) is 0.278. The Labute approximate surface area is 257 Å². The van der Waals surface area contributed by atoms with Crippen molar-refractivity contribution in [3.05, 3.63) is 106 Å². The summed E-state index contributed by atoms with van der Waals surface area (Å²) in [6.07, 6.45) is 8.98. The molecule has 0 amide bonds. The number of fused-ring (bicyclic) bond motifs is 3. The van der Waals surface area contributed by atoms with Gasteiger partial charge in [-0.25, -0.2) is 4.79 Å². The summed E-state index contributed by atoms with van der Waals surface area (Å²) in [7, 11) is 0. The predicted molar refractivity (Wildman–Crippen MR) is 178 cm³/mol. The fourth-order valence-electron chi connectivity index (χ4n) is 5.09. The number of carbonyl (C=O) groups is 3. The van der Waals surface area contributed by atoms with Crippen molar-refractivity contribution in [1.82, 2.24) is 4.57 Å². The third kappa shape index (κ3) is 7.41. The van der Waals surface area contributed by atoms with Gasteiger partial charge >= 0.3 is 5.97 Å². The lowest BCUT2D eigenvalue weighted by molar-refractivity contribution is -0.140. The molecule has 0 saturated heterocycles. The van der Waals surface area contributed by atoms with Crippen LogP contribution in [0.1, 0.15) is 78.8 Å². The zero-order valence-electron chi connectivity index (χ0n) is 25.5. The number of ketones is 2. The molecule has 0 fully saturated rings. The lowest BCUT2D eigenvalue weighted by Gasteiger charge is -2.08. The maximum atomic E-state index is 13.8. The van der Waals surface area contributed by atoms with Crippen LogP contribution in [0.5, 0.6) is 0 Å². The van der Waals surface area contributed by atoms with Crippen LogP contribution in [0.4, 0.5) is 0 Å². The molecule has 1 aromatic heterocycles. The first kappa shape index (κ1) is 31.7. The van der Waals surface area contributed by atoms with Crippen LogP contribution in [0.3, 0.4) is 0 Å². The Morgan fingerprint density at radius 3 is 2.19 bits per heavy atom. The van der Waals surface area contributed by atoms with Crippen LogP contribution in [0, 0.1) is 6.92 Å². The number of Topliss-reactive ketones (excluding diaryl/α,β-unsaturated/α-hetero) is 1. The standard InChI is InChI=1S/C36H38N2O4S/c1-6-9-10-15-28(13-7-2)43-23-32(37-42-25(5)39)36(41)27-18-20-34-31(22-27)30-21-26(17-19-33(30)38(34)8-3)35(40)29-16-12-11-14-24(29)4/h9-14,16-22H,6-8,15,23H2,1-5H3/b10-9?,28-13+,37-32+. The molecule has 0 unspecified atom stereocenters. The number of hydrogen-bond donors (Lipinski definition) is 0. The van der Waals surface area contributed by atoms with Gasteiger partial charge in [0.15, 0.2) is 5.78 Å². The van der Waals surface area contributed by atoms with Crippen molar-refractivity contribution < 1.29 is 19.2 Å². The molecule has 0 aliphatic carbocycles. The van der Waals surface area contributed by atoms with Gasteiger partial charge in [-0.2, -0.15) is 0 Å². The predicted octanol–water partition coefficient (Wildman–Crippen LogP) is 8.84. The Balaban J connectivity index is 1.74. The summed E-state index contributed by atoms with van der Waals surface area (Å²) in [5.41, 5.74) is 4.75. The number of carbonyl (C=O) groups excluding carboxylic acids is 3. The maximum Gasteiger partial charge on any atom is 0.331 e. The molecule has 4 rings (SSSR count). The monoisotopic (exact) mass is 594 g/mol. The first-order chi connectivity index (χ1) is 20.8. The van der Waals surface area contributed by atoms with Gasteiger partial charge < -0.3 is 9.40 Å². The van der Waals surface area contributed by atoms with Gasteiger partial charge in [0.2, 0.25) is 5.78 Å². The van der Waals surface area contributed by atoms with E-state index in [1.165, 1.54) is 18.7 Å². The summed E-state index contributed by atoms with van der Waals surface area (Å²) in [6.45, 7) is 10.2. The van der Waals surface area contributed by atoms with Gasteiger partial charge in [-0.1, -0.05) is 61.5 Å². The second-order valence-corrected chi connectivity index (χ2v) is 11.4. The summed E-state index contributed by atoms with van der Waals surface area (Å²) in [6, 6.07) is 18.9. The molecule has 43 heavy (non-hydrogen) atoms. The molecule has 7 heteroatoms. The number of oxime groups is 1. The van der Waals surface area contributed by atoms with Gasteiger partial charge in [0.05, 0.1) is 0 Å². The molecule has 222 valence electrons. The Kier molecular flexibility index (Phi) is 10.9. The second kappa shape index (κ2) is 14.8. The minimum absolute atomic E-state index is 0.0397. The molecule has 0 aliphatic rings. The molecule has 6 nitrogen and oxygen atoms in total. The highest BCUT2D eigenvalue weighted by Crippen LogP contribution is 2.32. The average molecular weight is 595 g/mol. The topological polar surface area (TPSA) is 77.7 Å². The molecule has 0 radical (unpaired) electrons. The van der Waals surface area contributed by atoms with E-state index >= 15 is 0 Å². The molecule has 0 atom stereocenters. The first-order valence-electron chi connectivity index (χ1n) is 14.7. The minimum atomic E-state index is -0.585. The molecule has 1 heterocycles.